The fourth-order valence-corrected chi connectivity index (χ4v) is 7.23. The number of pyridine rings is 1. The molecule has 0 saturated heterocycles. The monoisotopic (exact) mass is 787 g/mol. The van der Waals surface area contributed by atoms with Crippen molar-refractivity contribution in [3.8, 4) is 0 Å². The third-order valence-electron chi connectivity index (χ3n) is 11.8. The zero-order valence-corrected chi connectivity index (χ0v) is 42.3. The number of aromatic nitrogens is 1. The van der Waals surface area contributed by atoms with Gasteiger partial charge in [0.25, 0.3) is 5.56 Å². The Bertz CT molecular complexity index is 1550. The molecule has 0 N–H and O–H groups in total. The van der Waals surface area contributed by atoms with Crippen LogP contribution in [0.1, 0.15) is 209 Å². The molecular formula is C54H94N2O. The smallest absolute Gasteiger partial charge is 0.251 e. The first-order chi connectivity index (χ1) is 25.3. The van der Waals surface area contributed by atoms with Crippen molar-refractivity contribution in [2.24, 2.45) is 22.2 Å². The number of benzene rings is 1. The largest absolute Gasteiger partial charge is 0.310 e. The van der Waals surface area contributed by atoms with E-state index in [4.69, 9.17) is 0 Å². The molecule has 1 unspecified atom stereocenters. The molecule has 0 amide bonds. The van der Waals surface area contributed by atoms with Gasteiger partial charge in [-0.1, -0.05) is 172 Å². The Morgan fingerprint density at radius 1 is 0.491 bits per heavy atom. The quantitative estimate of drug-likeness (QED) is 0.249. The first-order valence-electron chi connectivity index (χ1n) is 22.2. The maximum Gasteiger partial charge on any atom is 0.251 e. The van der Waals surface area contributed by atoms with Gasteiger partial charge in [-0.15, -0.1) is 0 Å². The first kappa shape index (κ1) is 52.6. The SMILES string of the molecule is CC(C)(C)C1=CCC(C(C)(C)C)CC1.CC(C)(C)C1=CCN(C(C)(C)C)CC1.CC(C)(C)c1ccc(C(C)(C)C)cc1.CC(C)(C)c1ccn(C(C)(C)C)c(=O)c1. The van der Waals surface area contributed by atoms with Crippen LogP contribution in [0.2, 0.25) is 0 Å². The van der Waals surface area contributed by atoms with Crippen molar-refractivity contribution in [2.75, 3.05) is 13.1 Å². The molecule has 326 valence electrons. The summed E-state index contributed by atoms with van der Waals surface area (Å²) in [5.41, 5.74) is 9.25. The van der Waals surface area contributed by atoms with Crippen molar-refractivity contribution in [1.29, 1.82) is 0 Å². The number of allylic oxidation sites excluding steroid dienone is 2. The van der Waals surface area contributed by atoms with Crippen molar-refractivity contribution < 1.29 is 0 Å². The van der Waals surface area contributed by atoms with Gasteiger partial charge >= 0.3 is 0 Å². The molecule has 0 radical (unpaired) electrons. The first-order valence-corrected chi connectivity index (χ1v) is 22.2. The highest BCUT2D eigenvalue weighted by Gasteiger charge is 2.29. The molecule has 3 heteroatoms. The second-order valence-electron chi connectivity index (χ2n) is 25.3. The molecule has 3 nitrogen and oxygen atoms in total. The predicted octanol–water partition coefficient (Wildman–Crippen LogP) is 15.5. The van der Waals surface area contributed by atoms with Gasteiger partial charge in [-0.05, 0) is 128 Å². The van der Waals surface area contributed by atoms with E-state index in [-0.39, 0.29) is 27.3 Å². The molecule has 0 spiro atoms. The molecular weight excluding hydrogens is 693 g/mol. The van der Waals surface area contributed by atoms with Gasteiger partial charge in [0.05, 0.1) is 0 Å². The fraction of sp³-hybridized carbons (Fsp3) is 0.722. The second-order valence-corrected chi connectivity index (χ2v) is 25.3. The fourth-order valence-electron chi connectivity index (χ4n) is 7.23. The lowest BCUT2D eigenvalue weighted by molar-refractivity contribution is 0.144. The van der Waals surface area contributed by atoms with Crippen LogP contribution < -0.4 is 5.56 Å². The predicted molar refractivity (Wildman–Crippen MR) is 256 cm³/mol. The molecule has 1 atom stereocenters. The highest BCUT2D eigenvalue weighted by molar-refractivity contribution is 5.31. The minimum Gasteiger partial charge on any atom is -0.310 e. The van der Waals surface area contributed by atoms with Gasteiger partial charge in [-0.25, -0.2) is 0 Å². The van der Waals surface area contributed by atoms with E-state index in [1.165, 1.54) is 43.4 Å². The molecule has 2 aliphatic rings. The summed E-state index contributed by atoms with van der Waals surface area (Å²) in [6.45, 7) is 56.2. The molecule has 1 aliphatic heterocycles. The highest BCUT2D eigenvalue weighted by Crippen LogP contribution is 2.41. The normalized spacial score (nSPS) is 17.8. The van der Waals surface area contributed by atoms with E-state index in [1.54, 1.807) is 21.8 Å². The molecule has 0 bridgehead atoms. The summed E-state index contributed by atoms with van der Waals surface area (Å²) in [5.74, 6) is 0.883. The Kier molecular flexibility index (Phi) is 17.8. The topological polar surface area (TPSA) is 25.2 Å². The van der Waals surface area contributed by atoms with Crippen LogP contribution in [0, 0.1) is 22.2 Å². The van der Waals surface area contributed by atoms with Crippen LogP contribution in [0.25, 0.3) is 0 Å². The van der Waals surface area contributed by atoms with Crippen LogP contribution >= 0.6 is 0 Å². The number of hydrogen-bond acceptors (Lipinski definition) is 2. The summed E-state index contributed by atoms with van der Waals surface area (Å²) in [7, 11) is 0. The number of nitrogens with zero attached hydrogens (tertiary/aromatic N) is 2. The van der Waals surface area contributed by atoms with Crippen LogP contribution in [0.15, 0.2) is 70.7 Å². The van der Waals surface area contributed by atoms with Crippen molar-refractivity contribution in [2.45, 2.75) is 219 Å². The van der Waals surface area contributed by atoms with Crippen LogP contribution in [0.5, 0.6) is 0 Å². The third kappa shape index (κ3) is 18.2. The lowest BCUT2D eigenvalue weighted by Gasteiger charge is -2.39. The third-order valence-corrected chi connectivity index (χ3v) is 11.8. The summed E-state index contributed by atoms with van der Waals surface area (Å²) in [6, 6.07) is 12.8. The van der Waals surface area contributed by atoms with Gasteiger partial charge in [-0.2, -0.15) is 0 Å². The average molecular weight is 787 g/mol. The maximum atomic E-state index is 11.9. The van der Waals surface area contributed by atoms with E-state index < -0.39 is 0 Å². The zero-order valence-electron chi connectivity index (χ0n) is 42.3. The highest BCUT2D eigenvalue weighted by atomic mass is 16.1. The van der Waals surface area contributed by atoms with E-state index in [9.17, 15) is 4.79 Å². The number of hydrogen-bond donors (Lipinski definition) is 0. The molecule has 4 rings (SSSR count). The summed E-state index contributed by atoms with van der Waals surface area (Å²) >= 11 is 0. The van der Waals surface area contributed by atoms with E-state index >= 15 is 0 Å². The van der Waals surface area contributed by atoms with Crippen LogP contribution in [-0.4, -0.2) is 28.1 Å². The van der Waals surface area contributed by atoms with Crippen molar-refractivity contribution in [3.63, 3.8) is 0 Å². The second kappa shape index (κ2) is 19.3. The molecule has 0 fully saturated rings. The van der Waals surface area contributed by atoms with Gasteiger partial charge in [0, 0.05) is 36.4 Å². The maximum absolute atomic E-state index is 11.9. The van der Waals surface area contributed by atoms with Gasteiger partial charge in [-0.3, -0.25) is 9.69 Å². The minimum absolute atomic E-state index is 0.0378. The standard InChI is InChI=1S/C14H26.C14H22.C13H21NO.C13H25N/c2*1-13(2,3)11-7-9-12(10-8-11)14(4,5)6;1-12(2,3)10-7-8-14(11(15)9-10)13(4,5)6;1-12(2,3)11-7-9-14(10-8-11)13(4,5)6/h7,12H,8-10H2,1-6H3;7-10H,1-6H3;7-9H,1-6H3;7H,8-10H2,1-6H3. The lowest BCUT2D eigenvalue weighted by atomic mass is 9.69. The summed E-state index contributed by atoms with van der Waals surface area (Å²) < 4.78 is 1.77. The summed E-state index contributed by atoms with van der Waals surface area (Å²) in [5, 5.41) is 0. The minimum atomic E-state index is -0.145. The summed E-state index contributed by atoms with van der Waals surface area (Å²) in [4.78, 5) is 14.4. The van der Waals surface area contributed by atoms with Crippen molar-refractivity contribution in [1.82, 2.24) is 9.47 Å². The van der Waals surface area contributed by atoms with Gasteiger partial charge < -0.3 is 4.57 Å². The Morgan fingerprint density at radius 2 is 0.912 bits per heavy atom. The molecule has 1 aromatic heterocycles. The Labute approximate surface area is 355 Å². The lowest BCUT2D eigenvalue weighted by Crippen LogP contribution is -2.44. The Morgan fingerprint density at radius 3 is 1.18 bits per heavy atom. The van der Waals surface area contributed by atoms with Gasteiger partial charge in [0.1, 0.15) is 0 Å². The van der Waals surface area contributed by atoms with E-state index in [2.05, 4.69) is 187 Å². The Hall–Kier alpha value is -2.39. The van der Waals surface area contributed by atoms with Crippen molar-refractivity contribution in [3.05, 3.63) is 92.9 Å². The van der Waals surface area contributed by atoms with Crippen molar-refractivity contribution >= 4 is 0 Å². The molecule has 2 aromatic rings. The van der Waals surface area contributed by atoms with Crippen LogP contribution in [0.4, 0.5) is 0 Å². The average Bonchev–Trinajstić information content (AvgIpc) is 3.02. The van der Waals surface area contributed by atoms with E-state index in [1.807, 2.05) is 33.0 Å². The number of rotatable bonds is 0. The Balaban J connectivity index is 0.000000380. The van der Waals surface area contributed by atoms with Crippen LogP contribution in [-0.2, 0) is 21.8 Å². The van der Waals surface area contributed by atoms with Crippen LogP contribution in [0.3, 0.4) is 0 Å². The van der Waals surface area contributed by atoms with E-state index in [0.717, 1.165) is 18.0 Å². The molecule has 57 heavy (non-hydrogen) atoms. The van der Waals surface area contributed by atoms with Gasteiger partial charge in [0.15, 0.2) is 0 Å². The molecule has 1 aliphatic carbocycles. The summed E-state index contributed by atoms with van der Waals surface area (Å²) in [6.07, 6.45) is 12.0. The van der Waals surface area contributed by atoms with Gasteiger partial charge in [0.2, 0.25) is 0 Å². The molecule has 1 aromatic carbocycles. The molecule has 0 saturated carbocycles. The van der Waals surface area contributed by atoms with E-state index in [0.29, 0.717) is 21.8 Å². The molecule has 2 heterocycles. The zero-order chi connectivity index (χ0) is 44.8.